The highest BCUT2D eigenvalue weighted by Gasteiger charge is 2.11. The normalized spacial score (nSPS) is 12.0. The van der Waals surface area contributed by atoms with E-state index in [2.05, 4.69) is 0 Å². The standard InChI is InChI=1S/C18H22FNO2/c1-2-21-18-12-15(16(20)10-11-19)8-9-17(18)22-13-14-6-4-3-5-7-14/h3-9,12,16H,2,10-11,13,20H2,1H3/t16-/m0/s1. The molecule has 0 spiro atoms. The zero-order valence-electron chi connectivity index (χ0n) is 12.8. The third-order valence-electron chi connectivity index (χ3n) is 3.35. The van der Waals surface area contributed by atoms with E-state index in [1.54, 1.807) is 0 Å². The molecule has 0 saturated heterocycles. The lowest BCUT2D eigenvalue weighted by Gasteiger charge is -2.16. The van der Waals surface area contributed by atoms with Crippen molar-refractivity contribution in [2.45, 2.75) is 26.0 Å². The van der Waals surface area contributed by atoms with Gasteiger partial charge in [-0.15, -0.1) is 0 Å². The Balaban J connectivity index is 2.12. The van der Waals surface area contributed by atoms with Crippen LogP contribution in [0, 0.1) is 0 Å². The van der Waals surface area contributed by atoms with Crippen LogP contribution < -0.4 is 15.2 Å². The minimum atomic E-state index is -0.433. The minimum absolute atomic E-state index is 0.301. The first kappa shape index (κ1) is 16.3. The van der Waals surface area contributed by atoms with E-state index in [-0.39, 0.29) is 6.04 Å². The Labute approximate surface area is 130 Å². The summed E-state index contributed by atoms with van der Waals surface area (Å²) in [5.74, 6) is 1.31. The summed E-state index contributed by atoms with van der Waals surface area (Å²) in [6, 6.07) is 15.1. The highest BCUT2D eigenvalue weighted by molar-refractivity contribution is 5.44. The number of hydrogen-bond donors (Lipinski definition) is 1. The van der Waals surface area contributed by atoms with Crippen LogP contribution >= 0.6 is 0 Å². The molecular formula is C18H22FNO2. The molecule has 0 fully saturated rings. The molecule has 0 aromatic heterocycles. The number of benzene rings is 2. The molecule has 0 unspecified atom stereocenters. The van der Waals surface area contributed by atoms with Crippen molar-refractivity contribution in [3.05, 3.63) is 59.7 Å². The fourth-order valence-corrected chi connectivity index (χ4v) is 2.16. The van der Waals surface area contributed by atoms with Gasteiger partial charge in [-0.05, 0) is 36.6 Å². The number of hydrogen-bond acceptors (Lipinski definition) is 3. The second-order valence-electron chi connectivity index (χ2n) is 5.00. The molecule has 22 heavy (non-hydrogen) atoms. The predicted octanol–water partition coefficient (Wildman–Crippen LogP) is 4.02. The van der Waals surface area contributed by atoms with E-state index in [4.69, 9.17) is 15.2 Å². The largest absolute Gasteiger partial charge is 0.490 e. The number of nitrogens with two attached hydrogens (primary N) is 1. The molecule has 3 nitrogen and oxygen atoms in total. The summed E-state index contributed by atoms with van der Waals surface area (Å²) in [4.78, 5) is 0. The quantitative estimate of drug-likeness (QED) is 0.801. The number of rotatable bonds is 8. The van der Waals surface area contributed by atoms with E-state index in [9.17, 15) is 4.39 Å². The van der Waals surface area contributed by atoms with Crippen molar-refractivity contribution in [3.63, 3.8) is 0 Å². The molecular weight excluding hydrogens is 281 g/mol. The topological polar surface area (TPSA) is 44.5 Å². The molecule has 118 valence electrons. The van der Waals surface area contributed by atoms with Crippen molar-refractivity contribution >= 4 is 0 Å². The van der Waals surface area contributed by atoms with Crippen LogP contribution in [0.5, 0.6) is 11.5 Å². The lowest BCUT2D eigenvalue weighted by molar-refractivity contribution is 0.269. The van der Waals surface area contributed by atoms with Crippen LogP contribution in [-0.4, -0.2) is 13.3 Å². The van der Waals surface area contributed by atoms with Gasteiger partial charge in [0.1, 0.15) is 6.61 Å². The lowest BCUT2D eigenvalue weighted by atomic mass is 10.0. The van der Waals surface area contributed by atoms with E-state index in [0.717, 1.165) is 11.1 Å². The first-order chi connectivity index (χ1) is 10.7. The monoisotopic (exact) mass is 303 g/mol. The van der Waals surface area contributed by atoms with E-state index < -0.39 is 6.67 Å². The van der Waals surface area contributed by atoms with Gasteiger partial charge in [-0.2, -0.15) is 0 Å². The molecule has 0 amide bonds. The smallest absolute Gasteiger partial charge is 0.161 e. The SMILES string of the molecule is CCOc1cc([C@@H](N)CCF)ccc1OCc1ccccc1. The van der Waals surface area contributed by atoms with Crippen LogP contribution in [0.4, 0.5) is 4.39 Å². The fourth-order valence-electron chi connectivity index (χ4n) is 2.16. The molecule has 2 rings (SSSR count). The van der Waals surface area contributed by atoms with Crippen molar-refractivity contribution < 1.29 is 13.9 Å². The van der Waals surface area contributed by atoms with E-state index in [0.29, 0.717) is 31.1 Å². The van der Waals surface area contributed by atoms with Gasteiger partial charge in [-0.1, -0.05) is 36.4 Å². The second kappa shape index (κ2) is 8.39. The molecule has 0 radical (unpaired) electrons. The van der Waals surface area contributed by atoms with Crippen molar-refractivity contribution in [1.29, 1.82) is 0 Å². The Morgan fingerprint density at radius 2 is 1.82 bits per heavy atom. The summed E-state index contributed by atoms with van der Waals surface area (Å²) in [6.07, 6.45) is 0.301. The summed E-state index contributed by atoms with van der Waals surface area (Å²) in [7, 11) is 0. The van der Waals surface area contributed by atoms with Gasteiger partial charge in [-0.25, -0.2) is 0 Å². The molecule has 2 N–H and O–H groups in total. The molecule has 4 heteroatoms. The fraction of sp³-hybridized carbons (Fsp3) is 0.333. The Hall–Kier alpha value is -2.07. The van der Waals surface area contributed by atoms with Crippen LogP contribution in [0.3, 0.4) is 0 Å². The molecule has 0 aliphatic carbocycles. The Morgan fingerprint density at radius 3 is 2.50 bits per heavy atom. The van der Waals surface area contributed by atoms with Crippen molar-refractivity contribution in [2.75, 3.05) is 13.3 Å². The van der Waals surface area contributed by atoms with Gasteiger partial charge >= 0.3 is 0 Å². The average molecular weight is 303 g/mol. The Morgan fingerprint density at radius 1 is 1.05 bits per heavy atom. The van der Waals surface area contributed by atoms with Gasteiger partial charge in [0.2, 0.25) is 0 Å². The van der Waals surface area contributed by atoms with Gasteiger partial charge in [0.25, 0.3) is 0 Å². The van der Waals surface area contributed by atoms with Crippen LogP contribution in [-0.2, 0) is 6.61 Å². The highest BCUT2D eigenvalue weighted by atomic mass is 19.1. The molecule has 0 aliphatic heterocycles. The van der Waals surface area contributed by atoms with Gasteiger partial charge in [0.05, 0.1) is 13.3 Å². The zero-order valence-corrected chi connectivity index (χ0v) is 12.8. The third-order valence-corrected chi connectivity index (χ3v) is 3.35. The summed E-state index contributed by atoms with van der Waals surface area (Å²) in [6.45, 7) is 2.48. The highest BCUT2D eigenvalue weighted by Crippen LogP contribution is 2.31. The van der Waals surface area contributed by atoms with Crippen LogP contribution in [0.1, 0.15) is 30.5 Å². The summed E-state index contributed by atoms with van der Waals surface area (Å²) in [5.41, 5.74) is 7.89. The number of halogens is 1. The summed E-state index contributed by atoms with van der Waals surface area (Å²) in [5, 5.41) is 0. The van der Waals surface area contributed by atoms with E-state index in [1.807, 2.05) is 55.5 Å². The van der Waals surface area contributed by atoms with Crippen molar-refractivity contribution in [1.82, 2.24) is 0 Å². The summed E-state index contributed by atoms with van der Waals surface area (Å²) >= 11 is 0. The average Bonchev–Trinajstić information content (AvgIpc) is 2.55. The molecule has 0 bridgehead atoms. The molecule has 2 aromatic rings. The van der Waals surface area contributed by atoms with E-state index in [1.165, 1.54) is 0 Å². The van der Waals surface area contributed by atoms with Gasteiger partial charge in [0, 0.05) is 6.04 Å². The number of alkyl halides is 1. The van der Waals surface area contributed by atoms with Crippen LogP contribution in [0.25, 0.3) is 0 Å². The van der Waals surface area contributed by atoms with E-state index >= 15 is 0 Å². The molecule has 1 atom stereocenters. The Bertz CT molecular complexity index is 575. The molecule has 0 heterocycles. The molecule has 0 saturated carbocycles. The maximum atomic E-state index is 12.4. The Kier molecular flexibility index (Phi) is 6.22. The van der Waals surface area contributed by atoms with Gasteiger partial charge < -0.3 is 15.2 Å². The first-order valence-corrected chi connectivity index (χ1v) is 7.49. The summed E-state index contributed by atoms with van der Waals surface area (Å²) < 4.78 is 23.9. The van der Waals surface area contributed by atoms with Gasteiger partial charge in [0.15, 0.2) is 11.5 Å². The van der Waals surface area contributed by atoms with Crippen LogP contribution in [0.2, 0.25) is 0 Å². The van der Waals surface area contributed by atoms with Crippen LogP contribution in [0.15, 0.2) is 48.5 Å². The maximum absolute atomic E-state index is 12.4. The van der Waals surface area contributed by atoms with Crippen molar-refractivity contribution in [2.24, 2.45) is 5.73 Å². The maximum Gasteiger partial charge on any atom is 0.161 e. The minimum Gasteiger partial charge on any atom is -0.490 e. The predicted molar refractivity (Wildman–Crippen MR) is 85.9 cm³/mol. The van der Waals surface area contributed by atoms with Gasteiger partial charge in [-0.3, -0.25) is 4.39 Å². The van der Waals surface area contributed by atoms with Crippen molar-refractivity contribution in [3.8, 4) is 11.5 Å². The lowest BCUT2D eigenvalue weighted by Crippen LogP contribution is -2.11. The third kappa shape index (κ3) is 4.46. The zero-order chi connectivity index (χ0) is 15.8. The second-order valence-corrected chi connectivity index (χ2v) is 5.00. The molecule has 2 aromatic carbocycles. The number of ether oxygens (including phenoxy) is 2. The first-order valence-electron chi connectivity index (χ1n) is 7.49. The molecule has 0 aliphatic rings.